The molecule has 1 heterocycles. The Labute approximate surface area is 128 Å². The lowest BCUT2D eigenvalue weighted by Gasteiger charge is -2.58. The Morgan fingerprint density at radius 1 is 0.952 bits per heavy atom. The first kappa shape index (κ1) is 13.1. The van der Waals surface area contributed by atoms with Gasteiger partial charge in [0.2, 0.25) is 0 Å². The monoisotopic (exact) mass is 288 g/mol. The number of carbonyl (C=O) groups excluding carboxylic acids is 1. The zero-order valence-corrected chi connectivity index (χ0v) is 13.4. The van der Waals surface area contributed by atoms with E-state index in [9.17, 15) is 4.79 Å². The van der Waals surface area contributed by atoms with Crippen LogP contribution in [-0.2, 0) is 9.53 Å². The molecule has 0 aromatic heterocycles. The highest BCUT2D eigenvalue weighted by Gasteiger charge is 2.64. The van der Waals surface area contributed by atoms with Crippen LogP contribution in [0, 0.1) is 34.5 Å². The van der Waals surface area contributed by atoms with Gasteiger partial charge in [-0.05, 0) is 74.0 Å². The van der Waals surface area contributed by atoms with Crippen molar-refractivity contribution in [1.29, 1.82) is 0 Å². The van der Waals surface area contributed by atoms with Crippen LogP contribution >= 0.6 is 0 Å². The van der Waals surface area contributed by atoms with E-state index in [4.69, 9.17) is 4.74 Å². The van der Waals surface area contributed by atoms with Crippen LogP contribution < -0.4 is 0 Å². The summed E-state index contributed by atoms with van der Waals surface area (Å²) in [6.45, 7) is 4.87. The van der Waals surface area contributed by atoms with Crippen molar-refractivity contribution in [3.63, 3.8) is 0 Å². The Kier molecular flexibility index (Phi) is 2.45. The fourth-order valence-corrected chi connectivity index (χ4v) is 7.36. The molecule has 3 unspecified atom stereocenters. The number of ether oxygens (including phenoxy) is 1. The van der Waals surface area contributed by atoms with Crippen molar-refractivity contribution in [2.75, 3.05) is 0 Å². The molecule has 0 aromatic carbocycles. The molecule has 0 spiro atoms. The standard InChI is InChI=1S/C19H28O2/c1-18-10-8-15-17(21-15)14(18)4-3-11-12-5-6-16(20)19(12,2)9-7-13(11)18/h11-15,17H,3-10H2,1-2H3/t11?,12?,13?,14-,15+,17-,18-,19+/m1/s1. The predicted molar refractivity (Wildman–Crippen MR) is 80.8 cm³/mol. The maximum absolute atomic E-state index is 12.4. The SMILES string of the molecule is C[C@]12CCC3C(CC[C@@H]4[C@H]5O[C@H]5CC[C@]34C)C1CCC2=O. The molecular weight excluding hydrogens is 260 g/mol. The molecule has 2 heteroatoms. The number of hydrogen-bond donors (Lipinski definition) is 0. The van der Waals surface area contributed by atoms with Crippen molar-refractivity contribution in [1.82, 2.24) is 0 Å². The molecule has 0 aromatic rings. The largest absolute Gasteiger partial charge is 0.369 e. The summed E-state index contributed by atoms with van der Waals surface area (Å²) >= 11 is 0. The van der Waals surface area contributed by atoms with Crippen LogP contribution in [0.2, 0.25) is 0 Å². The van der Waals surface area contributed by atoms with Gasteiger partial charge >= 0.3 is 0 Å². The molecule has 21 heavy (non-hydrogen) atoms. The van der Waals surface area contributed by atoms with Crippen LogP contribution in [0.5, 0.6) is 0 Å². The van der Waals surface area contributed by atoms with Crippen molar-refractivity contribution in [3.8, 4) is 0 Å². The van der Waals surface area contributed by atoms with Gasteiger partial charge in [-0.15, -0.1) is 0 Å². The first-order valence-electron chi connectivity index (χ1n) is 9.23. The Morgan fingerprint density at radius 3 is 2.67 bits per heavy atom. The average Bonchev–Trinajstić information content (AvgIpc) is 3.18. The van der Waals surface area contributed by atoms with Crippen LogP contribution in [0.4, 0.5) is 0 Å². The second-order valence-electron chi connectivity index (χ2n) is 9.16. The molecule has 5 aliphatic rings. The van der Waals surface area contributed by atoms with Gasteiger partial charge in [0, 0.05) is 11.8 Å². The summed E-state index contributed by atoms with van der Waals surface area (Å²) in [5.41, 5.74) is 0.547. The first-order valence-corrected chi connectivity index (χ1v) is 9.23. The van der Waals surface area contributed by atoms with Gasteiger partial charge in [-0.25, -0.2) is 0 Å². The molecular formula is C19H28O2. The molecule has 4 aliphatic carbocycles. The quantitative estimate of drug-likeness (QED) is 0.631. The molecule has 1 saturated heterocycles. The van der Waals surface area contributed by atoms with E-state index in [1.54, 1.807) is 0 Å². The Hall–Kier alpha value is -0.370. The number of carbonyl (C=O) groups is 1. The van der Waals surface area contributed by atoms with Gasteiger partial charge in [-0.1, -0.05) is 13.8 Å². The Bertz CT molecular complexity index is 500. The number of ketones is 1. The number of Topliss-reactive ketones (excluding diaryl/α,β-unsaturated/α-hetero) is 1. The van der Waals surface area contributed by atoms with E-state index >= 15 is 0 Å². The molecule has 0 N–H and O–H groups in total. The van der Waals surface area contributed by atoms with E-state index in [2.05, 4.69) is 13.8 Å². The lowest BCUT2D eigenvalue weighted by atomic mass is 9.45. The summed E-state index contributed by atoms with van der Waals surface area (Å²) in [6, 6.07) is 0. The van der Waals surface area contributed by atoms with E-state index < -0.39 is 0 Å². The molecule has 0 amide bonds. The summed E-state index contributed by atoms with van der Waals surface area (Å²) in [6.07, 6.45) is 11.1. The smallest absolute Gasteiger partial charge is 0.139 e. The van der Waals surface area contributed by atoms with Gasteiger partial charge in [-0.2, -0.15) is 0 Å². The van der Waals surface area contributed by atoms with Crippen LogP contribution in [0.3, 0.4) is 0 Å². The first-order chi connectivity index (χ1) is 10.0. The minimum Gasteiger partial charge on any atom is -0.369 e. The zero-order chi connectivity index (χ0) is 14.4. The van der Waals surface area contributed by atoms with Crippen molar-refractivity contribution >= 4 is 5.78 Å². The summed E-state index contributed by atoms with van der Waals surface area (Å²) in [5.74, 6) is 3.78. The maximum Gasteiger partial charge on any atom is 0.139 e. The average molecular weight is 288 g/mol. The van der Waals surface area contributed by atoms with E-state index in [1.807, 2.05) is 0 Å². The van der Waals surface area contributed by atoms with E-state index in [1.165, 1.54) is 38.5 Å². The molecule has 116 valence electrons. The molecule has 0 radical (unpaired) electrons. The van der Waals surface area contributed by atoms with Gasteiger partial charge in [-0.3, -0.25) is 4.79 Å². The Morgan fingerprint density at radius 2 is 1.81 bits per heavy atom. The molecule has 4 saturated carbocycles. The van der Waals surface area contributed by atoms with Crippen LogP contribution in [0.1, 0.15) is 65.2 Å². The van der Waals surface area contributed by atoms with Crippen LogP contribution in [-0.4, -0.2) is 18.0 Å². The number of rotatable bonds is 0. The van der Waals surface area contributed by atoms with Crippen molar-refractivity contribution in [2.24, 2.45) is 34.5 Å². The Balaban J connectivity index is 1.49. The van der Waals surface area contributed by atoms with Gasteiger partial charge in [0.25, 0.3) is 0 Å². The fourth-order valence-electron chi connectivity index (χ4n) is 7.36. The highest BCUT2D eigenvalue weighted by atomic mass is 16.6. The maximum atomic E-state index is 12.4. The third-order valence-corrected chi connectivity index (χ3v) is 8.64. The molecule has 2 nitrogen and oxygen atoms in total. The molecule has 8 atom stereocenters. The van der Waals surface area contributed by atoms with Crippen LogP contribution in [0.15, 0.2) is 0 Å². The van der Waals surface area contributed by atoms with Crippen molar-refractivity contribution < 1.29 is 9.53 Å². The molecule has 0 bridgehead atoms. The minimum atomic E-state index is 0.0393. The van der Waals surface area contributed by atoms with Gasteiger partial charge in [0.15, 0.2) is 0 Å². The second kappa shape index (κ2) is 3.93. The number of hydrogen-bond acceptors (Lipinski definition) is 2. The molecule has 5 fully saturated rings. The highest BCUT2D eigenvalue weighted by molar-refractivity contribution is 5.87. The number of epoxide rings is 1. The molecule has 5 rings (SSSR count). The summed E-state index contributed by atoms with van der Waals surface area (Å²) in [7, 11) is 0. The summed E-state index contributed by atoms with van der Waals surface area (Å²) < 4.78 is 5.96. The summed E-state index contributed by atoms with van der Waals surface area (Å²) in [4.78, 5) is 12.4. The van der Waals surface area contributed by atoms with Gasteiger partial charge in [0.05, 0.1) is 12.2 Å². The topological polar surface area (TPSA) is 29.6 Å². The van der Waals surface area contributed by atoms with E-state index in [-0.39, 0.29) is 5.41 Å². The zero-order valence-electron chi connectivity index (χ0n) is 13.4. The predicted octanol–water partition coefficient (Wildman–Crippen LogP) is 3.98. The highest BCUT2D eigenvalue weighted by Crippen LogP contribution is 2.67. The third-order valence-electron chi connectivity index (χ3n) is 8.64. The van der Waals surface area contributed by atoms with E-state index in [0.717, 1.165) is 30.6 Å². The number of fused-ring (bicyclic) bond motifs is 7. The lowest BCUT2D eigenvalue weighted by Crippen LogP contribution is -2.54. The van der Waals surface area contributed by atoms with Crippen molar-refractivity contribution in [3.05, 3.63) is 0 Å². The van der Waals surface area contributed by atoms with Crippen molar-refractivity contribution in [2.45, 2.75) is 77.4 Å². The normalized spacial score (nSPS) is 61.5. The molecule has 1 aliphatic heterocycles. The summed E-state index contributed by atoms with van der Waals surface area (Å²) in [5, 5.41) is 0. The van der Waals surface area contributed by atoms with Gasteiger partial charge in [0.1, 0.15) is 5.78 Å². The minimum absolute atomic E-state index is 0.0393. The van der Waals surface area contributed by atoms with Gasteiger partial charge < -0.3 is 4.74 Å². The van der Waals surface area contributed by atoms with Crippen LogP contribution in [0.25, 0.3) is 0 Å². The third kappa shape index (κ3) is 1.51. The van der Waals surface area contributed by atoms with E-state index in [0.29, 0.717) is 29.3 Å². The second-order valence-corrected chi connectivity index (χ2v) is 9.16. The fraction of sp³-hybridized carbons (Fsp3) is 0.947. The lowest BCUT2D eigenvalue weighted by molar-refractivity contribution is -0.138.